The second kappa shape index (κ2) is 8.94. The highest BCUT2D eigenvalue weighted by atomic mass is 19.4. The number of nitrogens with zero attached hydrogens (tertiary/aromatic N) is 3. The Balaban J connectivity index is 1.84. The number of carbonyl (C=O) groups is 2. The monoisotopic (exact) mass is 422 g/mol. The molecule has 1 aromatic rings. The standard InChI is InChI=1S/C21H25F3N4O2/c1-26-19(29)18-13-27(9-10-28(18)20(30)14-5-3-2-4-6-14)16-8-7-15(12-25)17(11-16)21(22,23)24/h7-8,11,14,18H,2-6,9-10,13H2,1H3,(H,26,29). The number of hydrogen-bond donors (Lipinski definition) is 1. The van der Waals surface area contributed by atoms with Gasteiger partial charge in [-0.05, 0) is 31.0 Å². The summed E-state index contributed by atoms with van der Waals surface area (Å²) in [6, 6.07) is 4.34. The molecule has 1 unspecified atom stereocenters. The molecule has 3 rings (SSSR count). The van der Waals surface area contributed by atoms with Gasteiger partial charge in [0.15, 0.2) is 0 Å². The summed E-state index contributed by atoms with van der Waals surface area (Å²) in [6.07, 6.45) is 0.0593. The summed E-state index contributed by atoms with van der Waals surface area (Å²) in [5, 5.41) is 11.6. The largest absolute Gasteiger partial charge is 0.417 e. The second-order valence-corrected chi connectivity index (χ2v) is 7.78. The van der Waals surface area contributed by atoms with E-state index in [1.54, 1.807) is 15.9 Å². The van der Waals surface area contributed by atoms with Crippen molar-refractivity contribution >= 4 is 17.5 Å². The number of piperazine rings is 1. The van der Waals surface area contributed by atoms with Crippen molar-refractivity contribution in [2.45, 2.75) is 44.3 Å². The molecule has 2 aliphatic rings. The number of likely N-dealkylation sites (N-methyl/N-ethyl adjacent to an activating group) is 1. The summed E-state index contributed by atoms with van der Waals surface area (Å²) in [5.74, 6) is -0.475. The molecule has 0 spiro atoms. The number of alkyl halides is 3. The summed E-state index contributed by atoms with van der Waals surface area (Å²) in [4.78, 5) is 28.8. The van der Waals surface area contributed by atoms with Crippen molar-refractivity contribution in [3.05, 3.63) is 29.3 Å². The predicted octanol–water partition coefficient (Wildman–Crippen LogP) is 2.92. The van der Waals surface area contributed by atoms with Crippen LogP contribution in [0.5, 0.6) is 0 Å². The lowest BCUT2D eigenvalue weighted by Gasteiger charge is -2.43. The van der Waals surface area contributed by atoms with Crippen molar-refractivity contribution in [1.29, 1.82) is 5.26 Å². The number of carbonyl (C=O) groups excluding carboxylic acids is 2. The van der Waals surface area contributed by atoms with E-state index >= 15 is 0 Å². The number of amides is 2. The van der Waals surface area contributed by atoms with Gasteiger partial charge in [0.05, 0.1) is 17.2 Å². The van der Waals surface area contributed by atoms with Crippen molar-refractivity contribution in [2.75, 3.05) is 31.6 Å². The van der Waals surface area contributed by atoms with Crippen LogP contribution in [0.2, 0.25) is 0 Å². The minimum atomic E-state index is -4.65. The highest BCUT2D eigenvalue weighted by Crippen LogP contribution is 2.35. The molecular formula is C21H25F3N4O2. The first-order valence-corrected chi connectivity index (χ1v) is 10.1. The molecule has 1 saturated heterocycles. The summed E-state index contributed by atoms with van der Waals surface area (Å²) >= 11 is 0. The van der Waals surface area contributed by atoms with Gasteiger partial charge in [-0.25, -0.2) is 0 Å². The summed E-state index contributed by atoms with van der Waals surface area (Å²) in [5.41, 5.74) is -1.17. The maximum atomic E-state index is 13.3. The zero-order valence-corrected chi connectivity index (χ0v) is 16.8. The Labute approximate surface area is 173 Å². The maximum absolute atomic E-state index is 13.3. The SMILES string of the molecule is CNC(=O)C1CN(c2ccc(C#N)c(C(F)(F)F)c2)CCN1C(=O)C1CCCCC1. The number of rotatable bonds is 3. The fraction of sp³-hybridized carbons (Fsp3) is 0.571. The first-order valence-electron chi connectivity index (χ1n) is 10.1. The Bertz CT molecular complexity index is 844. The van der Waals surface area contributed by atoms with Crippen molar-refractivity contribution in [3.63, 3.8) is 0 Å². The lowest BCUT2D eigenvalue weighted by Crippen LogP contribution is -2.61. The van der Waals surface area contributed by atoms with E-state index in [0.717, 1.165) is 44.2 Å². The van der Waals surface area contributed by atoms with E-state index in [1.807, 2.05) is 0 Å². The average Bonchev–Trinajstić information content (AvgIpc) is 2.77. The summed E-state index contributed by atoms with van der Waals surface area (Å²) < 4.78 is 40.0. The van der Waals surface area contributed by atoms with Crippen molar-refractivity contribution in [3.8, 4) is 6.07 Å². The first kappa shape index (κ1) is 21.9. The molecule has 30 heavy (non-hydrogen) atoms. The molecule has 0 bridgehead atoms. The zero-order valence-electron chi connectivity index (χ0n) is 16.8. The third-order valence-electron chi connectivity index (χ3n) is 5.96. The Morgan fingerprint density at radius 3 is 2.47 bits per heavy atom. The van der Waals surface area contributed by atoms with Crippen LogP contribution >= 0.6 is 0 Å². The Morgan fingerprint density at radius 2 is 1.87 bits per heavy atom. The highest BCUT2D eigenvalue weighted by Gasteiger charge is 2.39. The molecule has 1 heterocycles. The molecule has 162 valence electrons. The molecular weight excluding hydrogens is 397 g/mol. The van der Waals surface area contributed by atoms with Crippen molar-refractivity contribution < 1.29 is 22.8 Å². The molecule has 1 aliphatic carbocycles. The molecule has 1 saturated carbocycles. The fourth-order valence-corrected chi connectivity index (χ4v) is 4.32. The normalized spacial score (nSPS) is 20.6. The van der Waals surface area contributed by atoms with Crippen LogP contribution in [-0.4, -0.2) is 49.4 Å². The number of halogens is 3. The van der Waals surface area contributed by atoms with Crippen LogP contribution in [-0.2, 0) is 15.8 Å². The molecule has 2 amide bonds. The lowest BCUT2D eigenvalue weighted by atomic mass is 9.87. The first-order chi connectivity index (χ1) is 14.3. The molecule has 1 aliphatic heterocycles. The lowest BCUT2D eigenvalue weighted by molar-refractivity contribution is -0.144. The quantitative estimate of drug-likeness (QED) is 0.813. The van der Waals surface area contributed by atoms with Gasteiger partial charge in [0, 0.05) is 38.3 Å². The van der Waals surface area contributed by atoms with Gasteiger partial charge in [0.2, 0.25) is 11.8 Å². The van der Waals surface area contributed by atoms with Gasteiger partial charge in [0.1, 0.15) is 6.04 Å². The van der Waals surface area contributed by atoms with Gasteiger partial charge in [0.25, 0.3) is 0 Å². The number of hydrogen-bond acceptors (Lipinski definition) is 4. The van der Waals surface area contributed by atoms with Crippen LogP contribution in [0.3, 0.4) is 0 Å². The summed E-state index contributed by atoms with van der Waals surface area (Å²) in [6.45, 7) is 0.672. The third kappa shape index (κ3) is 4.53. The van der Waals surface area contributed by atoms with E-state index in [2.05, 4.69) is 5.32 Å². The molecule has 1 atom stereocenters. The van der Waals surface area contributed by atoms with Crippen LogP contribution in [0.1, 0.15) is 43.2 Å². The van der Waals surface area contributed by atoms with E-state index in [-0.39, 0.29) is 36.5 Å². The van der Waals surface area contributed by atoms with Gasteiger partial charge in [-0.15, -0.1) is 0 Å². The number of anilines is 1. The molecule has 2 fully saturated rings. The smallest absolute Gasteiger partial charge is 0.367 e. The van der Waals surface area contributed by atoms with Crippen LogP contribution in [0.25, 0.3) is 0 Å². The molecule has 6 nitrogen and oxygen atoms in total. The minimum Gasteiger partial charge on any atom is -0.367 e. The summed E-state index contributed by atoms with van der Waals surface area (Å²) in [7, 11) is 1.48. The number of nitriles is 1. The number of nitrogens with one attached hydrogen (secondary N) is 1. The molecule has 0 aromatic heterocycles. The molecule has 1 aromatic carbocycles. The minimum absolute atomic E-state index is 0.0428. The maximum Gasteiger partial charge on any atom is 0.417 e. The Morgan fingerprint density at radius 1 is 1.17 bits per heavy atom. The topological polar surface area (TPSA) is 76.4 Å². The van der Waals surface area contributed by atoms with E-state index in [1.165, 1.54) is 13.1 Å². The van der Waals surface area contributed by atoms with Gasteiger partial charge in [-0.3, -0.25) is 9.59 Å². The number of benzene rings is 1. The fourth-order valence-electron chi connectivity index (χ4n) is 4.32. The van der Waals surface area contributed by atoms with Crippen molar-refractivity contribution in [1.82, 2.24) is 10.2 Å². The second-order valence-electron chi connectivity index (χ2n) is 7.78. The molecule has 9 heteroatoms. The molecule has 1 N–H and O–H groups in total. The van der Waals surface area contributed by atoms with Gasteiger partial charge < -0.3 is 15.1 Å². The Kier molecular flexibility index (Phi) is 6.54. The van der Waals surface area contributed by atoms with Crippen LogP contribution in [0.4, 0.5) is 18.9 Å². The van der Waals surface area contributed by atoms with Crippen LogP contribution < -0.4 is 10.2 Å². The van der Waals surface area contributed by atoms with E-state index in [0.29, 0.717) is 6.54 Å². The Hall–Kier alpha value is -2.76. The highest BCUT2D eigenvalue weighted by molar-refractivity contribution is 5.89. The van der Waals surface area contributed by atoms with Gasteiger partial charge in [-0.2, -0.15) is 18.4 Å². The van der Waals surface area contributed by atoms with Gasteiger partial charge in [-0.1, -0.05) is 19.3 Å². The van der Waals surface area contributed by atoms with Gasteiger partial charge >= 0.3 is 6.18 Å². The average molecular weight is 422 g/mol. The van der Waals surface area contributed by atoms with Crippen molar-refractivity contribution in [2.24, 2.45) is 5.92 Å². The molecule has 0 radical (unpaired) electrons. The van der Waals surface area contributed by atoms with E-state index in [4.69, 9.17) is 5.26 Å². The van der Waals surface area contributed by atoms with E-state index in [9.17, 15) is 22.8 Å². The zero-order chi connectivity index (χ0) is 21.9. The van der Waals surface area contributed by atoms with Crippen LogP contribution in [0.15, 0.2) is 18.2 Å². The van der Waals surface area contributed by atoms with E-state index < -0.39 is 23.3 Å². The predicted molar refractivity (Wildman–Crippen MR) is 105 cm³/mol. The third-order valence-corrected chi connectivity index (χ3v) is 5.96. The van der Waals surface area contributed by atoms with Crippen LogP contribution in [0, 0.1) is 17.2 Å².